The lowest BCUT2D eigenvalue weighted by Gasteiger charge is -2.32. The van der Waals surface area contributed by atoms with Gasteiger partial charge in [0.1, 0.15) is 4.88 Å². The molecule has 0 saturated carbocycles. The molecule has 3 heterocycles. The van der Waals surface area contributed by atoms with E-state index >= 15 is 0 Å². The Morgan fingerprint density at radius 3 is 3.00 bits per heavy atom. The summed E-state index contributed by atoms with van der Waals surface area (Å²) in [6.07, 6.45) is 2.18. The molecule has 1 aliphatic heterocycles. The summed E-state index contributed by atoms with van der Waals surface area (Å²) >= 11 is 1.36. The third-order valence-electron chi connectivity index (χ3n) is 4.91. The number of methoxy groups -OCH3 is 1. The number of aromatic nitrogens is 3. The van der Waals surface area contributed by atoms with Gasteiger partial charge in [-0.05, 0) is 55.5 Å². The van der Waals surface area contributed by atoms with E-state index in [-0.39, 0.29) is 5.75 Å². The number of ether oxygens (including phenoxy) is 1. The molecule has 1 N–H and O–H groups in total. The van der Waals surface area contributed by atoms with E-state index in [1.807, 2.05) is 19.1 Å². The number of likely N-dealkylation sites (tertiary alicyclic amines) is 1. The average molecular weight is 386 g/mol. The fourth-order valence-electron chi connectivity index (χ4n) is 3.62. The van der Waals surface area contributed by atoms with Crippen LogP contribution in [0.4, 0.5) is 0 Å². The second-order valence-corrected chi connectivity index (χ2v) is 7.65. The summed E-state index contributed by atoms with van der Waals surface area (Å²) < 4.78 is 14.7. The van der Waals surface area contributed by atoms with Crippen LogP contribution in [0.2, 0.25) is 0 Å². The van der Waals surface area contributed by atoms with Gasteiger partial charge in [-0.3, -0.25) is 4.90 Å². The van der Waals surface area contributed by atoms with Crippen LogP contribution in [-0.2, 0) is 6.54 Å². The van der Waals surface area contributed by atoms with Gasteiger partial charge in [-0.15, -0.1) is 5.10 Å². The molecule has 142 valence electrons. The Hall–Kier alpha value is -2.45. The summed E-state index contributed by atoms with van der Waals surface area (Å²) in [5.74, 6) is 1.73. The van der Waals surface area contributed by atoms with E-state index in [1.54, 1.807) is 19.2 Å². The van der Waals surface area contributed by atoms with Gasteiger partial charge < -0.3 is 14.4 Å². The molecule has 1 aliphatic rings. The van der Waals surface area contributed by atoms with Crippen molar-refractivity contribution in [1.29, 1.82) is 0 Å². The third-order valence-corrected chi connectivity index (χ3v) is 5.66. The van der Waals surface area contributed by atoms with E-state index in [4.69, 9.17) is 9.26 Å². The first-order chi connectivity index (χ1) is 13.1. The van der Waals surface area contributed by atoms with Gasteiger partial charge in [0.15, 0.2) is 17.3 Å². The van der Waals surface area contributed by atoms with E-state index in [0.29, 0.717) is 11.7 Å². The minimum Gasteiger partial charge on any atom is -0.504 e. The van der Waals surface area contributed by atoms with E-state index in [2.05, 4.69) is 19.6 Å². The second-order valence-electron chi connectivity index (χ2n) is 6.90. The number of benzene rings is 1. The van der Waals surface area contributed by atoms with Crippen molar-refractivity contribution >= 4 is 11.5 Å². The van der Waals surface area contributed by atoms with Crippen molar-refractivity contribution in [3.05, 3.63) is 41.2 Å². The Morgan fingerprint density at radius 2 is 2.26 bits per heavy atom. The highest BCUT2D eigenvalue weighted by Crippen LogP contribution is 2.36. The molecule has 0 spiro atoms. The number of aryl methyl sites for hydroxylation is 1. The zero-order valence-electron chi connectivity index (χ0n) is 15.4. The fourth-order valence-corrected chi connectivity index (χ4v) is 4.32. The summed E-state index contributed by atoms with van der Waals surface area (Å²) in [7, 11) is 1.56. The van der Waals surface area contributed by atoms with E-state index < -0.39 is 0 Å². The molecule has 7 nitrogen and oxygen atoms in total. The van der Waals surface area contributed by atoms with E-state index in [1.165, 1.54) is 11.5 Å². The molecule has 3 aromatic rings. The number of hydrogen-bond donors (Lipinski definition) is 1. The molecule has 1 aromatic carbocycles. The molecule has 1 fully saturated rings. The normalized spacial score (nSPS) is 17.9. The largest absolute Gasteiger partial charge is 0.504 e. The number of nitrogens with zero attached hydrogens (tertiary/aromatic N) is 4. The molecule has 4 rings (SSSR count). The molecule has 8 heteroatoms. The number of rotatable bonds is 5. The highest BCUT2D eigenvalue weighted by atomic mass is 32.1. The summed E-state index contributed by atoms with van der Waals surface area (Å²) in [6, 6.07) is 7.51. The lowest BCUT2D eigenvalue weighted by Crippen LogP contribution is -2.34. The zero-order chi connectivity index (χ0) is 18.8. The lowest BCUT2D eigenvalue weighted by molar-refractivity contribution is 0.198. The van der Waals surface area contributed by atoms with Crippen LogP contribution in [0.3, 0.4) is 0 Å². The standard InChI is InChI=1S/C19H22N4O3S/c1-12-8-17(26-21-12)19-18(20-22-27-19)14-4-3-7-23(11-14)10-13-5-6-16(25-2)15(24)9-13/h5-6,8-9,14,24H,3-4,7,10-11H2,1-2H3/t14-/m0/s1. The van der Waals surface area contributed by atoms with E-state index in [0.717, 1.165) is 60.1 Å². The summed E-state index contributed by atoms with van der Waals surface area (Å²) in [4.78, 5) is 3.37. The number of piperidine rings is 1. The van der Waals surface area contributed by atoms with Crippen LogP contribution in [0, 0.1) is 6.92 Å². The lowest BCUT2D eigenvalue weighted by atomic mass is 9.93. The molecular formula is C19H22N4O3S. The van der Waals surface area contributed by atoms with Crippen LogP contribution in [0.1, 0.15) is 35.7 Å². The molecular weight excluding hydrogens is 364 g/mol. The number of phenols is 1. The molecule has 2 aromatic heterocycles. The maximum atomic E-state index is 10.0. The quantitative estimate of drug-likeness (QED) is 0.717. The average Bonchev–Trinajstić information content (AvgIpc) is 3.31. The van der Waals surface area contributed by atoms with E-state index in [9.17, 15) is 5.11 Å². The van der Waals surface area contributed by atoms with Gasteiger partial charge in [-0.25, -0.2) is 0 Å². The smallest absolute Gasteiger partial charge is 0.180 e. The Labute approximate surface area is 161 Å². The van der Waals surface area contributed by atoms with Crippen LogP contribution in [0.25, 0.3) is 10.6 Å². The number of hydrogen-bond acceptors (Lipinski definition) is 8. The molecule has 1 saturated heterocycles. The monoisotopic (exact) mass is 386 g/mol. The topological polar surface area (TPSA) is 84.5 Å². The van der Waals surface area contributed by atoms with Crippen molar-refractivity contribution in [2.24, 2.45) is 0 Å². The van der Waals surface area contributed by atoms with Gasteiger partial charge >= 0.3 is 0 Å². The Kier molecular flexibility index (Phi) is 5.09. The Balaban J connectivity index is 1.49. The van der Waals surface area contributed by atoms with Crippen molar-refractivity contribution in [2.45, 2.75) is 32.2 Å². The first kappa shape index (κ1) is 17.9. The fraction of sp³-hybridized carbons (Fsp3) is 0.421. The molecule has 0 aliphatic carbocycles. The summed E-state index contributed by atoms with van der Waals surface area (Å²) in [5, 5.41) is 18.4. The molecule has 27 heavy (non-hydrogen) atoms. The molecule has 0 amide bonds. The number of aromatic hydroxyl groups is 1. The van der Waals surface area contributed by atoms with Crippen LogP contribution in [-0.4, -0.2) is 44.9 Å². The van der Waals surface area contributed by atoms with Gasteiger partial charge in [0, 0.05) is 25.1 Å². The second kappa shape index (κ2) is 7.66. The molecule has 0 radical (unpaired) electrons. The highest BCUT2D eigenvalue weighted by molar-refractivity contribution is 7.09. The molecule has 0 bridgehead atoms. The highest BCUT2D eigenvalue weighted by Gasteiger charge is 2.28. The van der Waals surface area contributed by atoms with Crippen molar-refractivity contribution in [3.8, 4) is 22.1 Å². The SMILES string of the molecule is COc1ccc(CN2CCC[C@H](c3nnsc3-c3cc(C)no3)C2)cc1O. The van der Waals surface area contributed by atoms with Crippen molar-refractivity contribution in [2.75, 3.05) is 20.2 Å². The van der Waals surface area contributed by atoms with Gasteiger partial charge in [0.05, 0.1) is 18.5 Å². The zero-order valence-corrected chi connectivity index (χ0v) is 16.2. The van der Waals surface area contributed by atoms with Gasteiger partial charge in [-0.1, -0.05) is 15.7 Å². The third kappa shape index (κ3) is 3.81. The summed E-state index contributed by atoms with van der Waals surface area (Å²) in [6.45, 7) is 4.62. The van der Waals surface area contributed by atoms with Crippen LogP contribution in [0.5, 0.6) is 11.5 Å². The minimum absolute atomic E-state index is 0.176. The maximum Gasteiger partial charge on any atom is 0.180 e. The van der Waals surface area contributed by atoms with Gasteiger partial charge in [-0.2, -0.15) is 0 Å². The summed E-state index contributed by atoms with van der Waals surface area (Å²) in [5.41, 5.74) is 2.92. The van der Waals surface area contributed by atoms with Crippen LogP contribution in [0.15, 0.2) is 28.8 Å². The predicted octanol–water partition coefficient (Wildman–Crippen LogP) is 3.60. The first-order valence-electron chi connectivity index (χ1n) is 8.98. The Morgan fingerprint density at radius 1 is 1.37 bits per heavy atom. The van der Waals surface area contributed by atoms with Crippen molar-refractivity contribution in [3.63, 3.8) is 0 Å². The number of phenolic OH excluding ortho intramolecular Hbond substituents is 1. The predicted molar refractivity (Wildman–Crippen MR) is 102 cm³/mol. The minimum atomic E-state index is 0.176. The first-order valence-corrected chi connectivity index (χ1v) is 9.75. The Bertz CT molecular complexity index is 923. The van der Waals surface area contributed by atoms with Gasteiger partial charge in [0.25, 0.3) is 0 Å². The molecule has 0 unspecified atom stereocenters. The van der Waals surface area contributed by atoms with Gasteiger partial charge in [0.2, 0.25) is 0 Å². The van der Waals surface area contributed by atoms with Crippen LogP contribution < -0.4 is 4.74 Å². The van der Waals surface area contributed by atoms with Crippen molar-refractivity contribution in [1.82, 2.24) is 19.6 Å². The maximum absolute atomic E-state index is 10.0. The van der Waals surface area contributed by atoms with Crippen LogP contribution >= 0.6 is 11.5 Å². The molecule has 1 atom stereocenters. The van der Waals surface area contributed by atoms with Crippen molar-refractivity contribution < 1.29 is 14.4 Å².